The fourth-order valence-corrected chi connectivity index (χ4v) is 2.80. The number of benzene rings is 2. The zero-order valence-electron chi connectivity index (χ0n) is 12.3. The largest absolute Gasteiger partial charge is 0.422 e. The predicted molar refractivity (Wildman–Crippen MR) is 86.6 cm³/mol. The van der Waals surface area contributed by atoms with E-state index in [2.05, 4.69) is 5.10 Å². The van der Waals surface area contributed by atoms with Crippen LogP contribution in [0, 0.1) is 13.8 Å². The highest BCUT2D eigenvalue weighted by molar-refractivity contribution is 6.03. The van der Waals surface area contributed by atoms with E-state index in [1.165, 1.54) is 5.56 Å². The van der Waals surface area contributed by atoms with Crippen molar-refractivity contribution in [3.63, 3.8) is 0 Å². The SMILES string of the molecule is Cc1ccc(-n2nc(C)c3c(=O)oc4ccccc4c32)cc1. The molecular formula is C18H14N2O2. The van der Waals surface area contributed by atoms with Crippen LogP contribution < -0.4 is 5.63 Å². The Kier molecular flexibility index (Phi) is 2.66. The van der Waals surface area contributed by atoms with Gasteiger partial charge in [0.15, 0.2) is 0 Å². The number of fused-ring (bicyclic) bond motifs is 3. The van der Waals surface area contributed by atoms with Gasteiger partial charge in [0.1, 0.15) is 11.0 Å². The summed E-state index contributed by atoms with van der Waals surface area (Å²) in [7, 11) is 0. The third-order valence-electron chi connectivity index (χ3n) is 3.89. The molecule has 0 saturated carbocycles. The maximum atomic E-state index is 12.3. The summed E-state index contributed by atoms with van der Waals surface area (Å²) < 4.78 is 7.24. The second kappa shape index (κ2) is 4.56. The predicted octanol–water partition coefficient (Wildman–Crippen LogP) is 3.75. The Morgan fingerprint density at radius 1 is 1.00 bits per heavy atom. The van der Waals surface area contributed by atoms with Crippen molar-refractivity contribution in [1.29, 1.82) is 0 Å². The molecule has 0 aliphatic rings. The molecule has 4 heteroatoms. The van der Waals surface area contributed by atoms with Gasteiger partial charge in [0.2, 0.25) is 0 Å². The quantitative estimate of drug-likeness (QED) is 0.502. The second-order valence-corrected chi connectivity index (χ2v) is 5.44. The number of hydrogen-bond donors (Lipinski definition) is 0. The normalized spacial score (nSPS) is 11.4. The molecule has 2 aromatic heterocycles. The molecule has 4 rings (SSSR count). The Labute approximate surface area is 126 Å². The lowest BCUT2D eigenvalue weighted by atomic mass is 10.1. The molecule has 2 aromatic carbocycles. The maximum Gasteiger partial charge on any atom is 0.347 e. The molecule has 0 bridgehead atoms. The van der Waals surface area contributed by atoms with Crippen molar-refractivity contribution in [3.05, 3.63) is 70.2 Å². The van der Waals surface area contributed by atoms with Crippen LogP contribution in [0.25, 0.3) is 27.6 Å². The molecule has 0 atom stereocenters. The third kappa shape index (κ3) is 1.77. The van der Waals surface area contributed by atoms with E-state index < -0.39 is 0 Å². The molecule has 4 aromatic rings. The third-order valence-corrected chi connectivity index (χ3v) is 3.89. The zero-order chi connectivity index (χ0) is 15.3. The average Bonchev–Trinajstić information content (AvgIpc) is 2.87. The van der Waals surface area contributed by atoms with Gasteiger partial charge in [-0.1, -0.05) is 29.8 Å². The number of para-hydroxylation sites is 1. The van der Waals surface area contributed by atoms with Crippen LogP contribution in [-0.4, -0.2) is 9.78 Å². The molecule has 0 amide bonds. The summed E-state index contributed by atoms with van der Waals surface area (Å²) in [6.45, 7) is 3.87. The minimum atomic E-state index is -0.343. The monoisotopic (exact) mass is 290 g/mol. The van der Waals surface area contributed by atoms with E-state index >= 15 is 0 Å². The van der Waals surface area contributed by atoms with Crippen LogP contribution in [0.1, 0.15) is 11.3 Å². The summed E-state index contributed by atoms with van der Waals surface area (Å²) in [5, 5.41) is 5.99. The first-order valence-electron chi connectivity index (χ1n) is 7.13. The smallest absolute Gasteiger partial charge is 0.347 e. The lowest BCUT2D eigenvalue weighted by Gasteiger charge is -2.05. The zero-order valence-corrected chi connectivity index (χ0v) is 12.3. The summed E-state index contributed by atoms with van der Waals surface area (Å²) >= 11 is 0. The van der Waals surface area contributed by atoms with E-state index in [1.807, 2.05) is 61.0 Å². The Morgan fingerprint density at radius 2 is 1.73 bits per heavy atom. The summed E-state index contributed by atoms with van der Waals surface area (Å²) in [5.41, 5.74) is 3.82. The molecular weight excluding hydrogens is 276 g/mol. The Hall–Kier alpha value is -2.88. The molecule has 0 saturated heterocycles. The number of aryl methyl sites for hydroxylation is 2. The molecule has 0 fully saturated rings. The minimum absolute atomic E-state index is 0.343. The number of nitrogens with zero attached hydrogens (tertiary/aromatic N) is 2. The highest BCUT2D eigenvalue weighted by Gasteiger charge is 2.17. The van der Waals surface area contributed by atoms with Crippen LogP contribution in [0.4, 0.5) is 0 Å². The Balaban J connectivity index is 2.20. The molecule has 22 heavy (non-hydrogen) atoms. The van der Waals surface area contributed by atoms with Gasteiger partial charge in [0, 0.05) is 5.39 Å². The van der Waals surface area contributed by atoms with E-state index in [4.69, 9.17) is 4.42 Å². The van der Waals surface area contributed by atoms with E-state index in [0.29, 0.717) is 16.7 Å². The molecule has 0 unspecified atom stereocenters. The van der Waals surface area contributed by atoms with Gasteiger partial charge in [-0.15, -0.1) is 0 Å². The molecule has 108 valence electrons. The van der Waals surface area contributed by atoms with Gasteiger partial charge < -0.3 is 4.42 Å². The summed E-state index contributed by atoms with van der Waals surface area (Å²) in [5.74, 6) is 0. The van der Waals surface area contributed by atoms with Crippen molar-refractivity contribution in [3.8, 4) is 5.69 Å². The number of aromatic nitrogens is 2. The van der Waals surface area contributed by atoms with Crippen LogP contribution in [0.2, 0.25) is 0 Å². The minimum Gasteiger partial charge on any atom is -0.422 e. The van der Waals surface area contributed by atoms with E-state index in [0.717, 1.165) is 16.6 Å². The van der Waals surface area contributed by atoms with Gasteiger partial charge in [-0.3, -0.25) is 0 Å². The Morgan fingerprint density at radius 3 is 2.50 bits per heavy atom. The van der Waals surface area contributed by atoms with Gasteiger partial charge in [-0.25, -0.2) is 9.48 Å². The first-order valence-corrected chi connectivity index (χ1v) is 7.13. The summed E-state index contributed by atoms with van der Waals surface area (Å²) in [6, 6.07) is 15.6. The Bertz CT molecular complexity index is 1060. The highest BCUT2D eigenvalue weighted by atomic mass is 16.4. The lowest BCUT2D eigenvalue weighted by Crippen LogP contribution is -2.01. The fraction of sp³-hybridized carbons (Fsp3) is 0.111. The standard InChI is InChI=1S/C18H14N2O2/c1-11-7-9-13(10-8-11)20-17-14-5-3-4-6-15(14)22-18(21)16(17)12(2)19-20/h3-10H,1-2H3. The molecule has 2 heterocycles. The fourth-order valence-electron chi connectivity index (χ4n) is 2.80. The van der Waals surface area contributed by atoms with Crippen molar-refractivity contribution in [2.75, 3.05) is 0 Å². The van der Waals surface area contributed by atoms with Crippen molar-refractivity contribution in [2.24, 2.45) is 0 Å². The van der Waals surface area contributed by atoms with E-state index in [9.17, 15) is 4.79 Å². The maximum absolute atomic E-state index is 12.3. The highest BCUT2D eigenvalue weighted by Crippen LogP contribution is 2.27. The first-order chi connectivity index (χ1) is 10.6. The summed E-state index contributed by atoms with van der Waals surface area (Å²) in [6.07, 6.45) is 0. The molecule has 0 aliphatic heterocycles. The lowest BCUT2D eigenvalue weighted by molar-refractivity contribution is 0.569. The molecule has 4 nitrogen and oxygen atoms in total. The van der Waals surface area contributed by atoms with Crippen LogP contribution in [0.15, 0.2) is 57.7 Å². The second-order valence-electron chi connectivity index (χ2n) is 5.44. The van der Waals surface area contributed by atoms with Gasteiger partial charge >= 0.3 is 5.63 Å². The topological polar surface area (TPSA) is 48.0 Å². The van der Waals surface area contributed by atoms with Gasteiger partial charge in [-0.2, -0.15) is 5.10 Å². The number of rotatable bonds is 1. The van der Waals surface area contributed by atoms with E-state index in [-0.39, 0.29) is 5.63 Å². The average molecular weight is 290 g/mol. The van der Waals surface area contributed by atoms with Crippen molar-refractivity contribution in [2.45, 2.75) is 13.8 Å². The molecule has 0 N–H and O–H groups in total. The van der Waals surface area contributed by atoms with Crippen LogP contribution in [-0.2, 0) is 0 Å². The molecule has 0 radical (unpaired) electrons. The molecule has 0 spiro atoms. The molecule has 0 aliphatic carbocycles. The van der Waals surface area contributed by atoms with Crippen LogP contribution in [0.5, 0.6) is 0 Å². The van der Waals surface area contributed by atoms with Gasteiger partial charge in [0.25, 0.3) is 0 Å². The van der Waals surface area contributed by atoms with Crippen molar-refractivity contribution in [1.82, 2.24) is 9.78 Å². The van der Waals surface area contributed by atoms with Crippen LogP contribution in [0.3, 0.4) is 0 Å². The van der Waals surface area contributed by atoms with Crippen LogP contribution >= 0.6 is 0 Å². The first kappa shape index (κ1) is 12.8. The van der Waals surface area contributed by atoms with Crippen molar-refractivity contribution >= 4 is 21.9 Å². The van der Waals surface area contributed by atoms with Crippen molar-refractivity contribution < 1.29 is 4.42 Å². The summed E-state index contributed by atoms with van der Waals surface area (Å²) in [4.78, 5) is 12.3. The van der Waals surface area contributed by atoms with Gasteiger partial charge in [0.05, 0.1) is 16.9 Å². The van der Waals surface area contributed by atoms with Gasteiger partial charge in [-0.05, 0) is 38.1 Å². The van der Waals surface area contributed by atoms with E-state index in [1.54, 1.807) is 6.07 Å². The number of hydrogen-bond acceptors (Lipinski definition) is 3.